The van der Waals surface area contributed by atoms with Crippen molar-refractivity contribution in [1.82, 2.24) is 24.6 Å². The number of rotatable bonds is 3. The maximum Gasteiger partial charge on any atom is 0.154 e. The average Bonchev–Trinajstić information content (AvgIpc) is 2.85. The SMILES string of the molecule is CC(C)c1nnsc1C(O)c1c(Br)nnn1C. The highest BCUT2D eigenvalue weighted by Gasteiger charge is 2.25. The van der Waals surface area contributed by atoms with Gasteiger partial charge in [-0.15, -0.1) is 10.2 Å². The largest absolute Gasteiger partial charge is 0.381 e. The summed E-state index contributed by atoms with van der Waals surface area (Å²) in [5.41, 5.74) is 1.42. The molecule has 0 spiro atoms. The van der Waals surface area contributed by atoms with Crippen LogP contribution in [0, 0.1) is 0 Å². The van der Waals surface area contributed by atoms with E-state index in [0.717, 1.165) is 10.6 Å². The molecule has 0 bridgehead atoms. The summed E-state index contributed by atoms with van der Waals surface area (Å²) in [6.07, 6.45) is -0.804. The molecule has 92 valence electrons. The Bertz CT molecular complexity index is 504. The van der Waals surface area contributed by atoms with Crippen molar-refractivity contribution in [3.8, 4) is 0 Å². The van der Waals surface area contributed by atoms with Crippen LogP contribution < -0.4 is 0 Å². The van der Waals surface area contributed by atoms with Crippen LogP contribution in [0.15, 0.2) is 4.60 Å². The van der Waals surface area contributed by atoms with Gasteiger partial charge in [0.15, 0.2) is 4.60 Å². The highest BCUT2D eigenvalue weighted by molar-refractivity contribution is 9.10. The molecule has 2 rings (SSSR count). The third-order valence-electron chi connectivity index (χ3n) is 2.42. The molecule has 0 aliphatic carbocycles. The molecule has 1 unspecified atom stereocenters. The molecule has 0 fully saturated rings. The Balaban J connectivity index is 2.44. The molecular weight excluding hydrogens is 306 g/mol. The zero-order valence-electron chi connectivity index (χ0n) is 9.62. The molecule has 0 radical (unpaired) electrons. The number of hydrogen-bond acceptors (Lipinski definition) is 6. The lowest BCUT2D eigenvalue weighted by atomic mass is 10.1. The lowest BCUT2D eigenvalue weighted by molar-refractivity contribution is 0.211. The smallest absolute Gasteiger partial charge is 0.154 e. The van der Waals surface area contributed by atoms with E-state index in [0.29, 0.717) is 10.3 Å². The van der Waals surface area contributed by atoms with Crippen molar-refractivity contribution in [2.24, 2.45) is 7.05 Å². The fraction of sp³-hybridized carbons (Fsp3) is 0.556. The van der Waals surface area contributed by atoms with Crippen LogP contribution in [0.2, 0.25) is 0 Å². The summed E-state index contributed by atoms with van der Waals surface area (Å²) < 4.78 is 5.98. The number of aromatic nitrogens is 5. The van der Waals surface area contributed by atoms with Crippen molar-refractivity contribution < 1.29 is 5.11 Å². The Kier molecular flexibility index (Phi) is 3.55. The van der Waals surface area contributed by atoms with Crippen molar-refractivity contribution in [2.45, 2.75) is 25.9 Å². The topological polar surface area (TPSA) is 76.7 Å². The summed E-state index contributed by atoms with van der Waals surface area (Å²) in [6, 6.07) is 0. The molecule has 2 aromatic heterocycles. The first-order chi connectivity index (χ1) is 8.02. The van der Waals surface area contributed by atoms with Crippen LogP contribution >= 0.6 is 27.5 Å². The molecule has 2 aromatic rings. The predicted molar refractivity (Wildman–Crippen MR) is 66.8 cm³/mol. The first kappa shape index (κ1) is 12.6. The molecule has 0 aliphatic heterocycles. The first-order valence-corrected chi connectivity index (χ1v) is 6.64. The molecule has 2 heterocycles. The third kappa shape index (κ3) is 2.24. The number of halogens is 1. The Hall–Kier alpha value is -0.860. The molecule has 0 saturated heterocycles. The minimum Gasteiger partial charge on any atom is -0.381 e. The second-order valence-corrected chi connectivity index (χ2v) is 5.51. The van der Waals surface area contributed by atoms with Gasteiger partial charge in [-0.2, -0.15) is 0 Å². The number of aliphatic hydroxyl groups is 1. The van der Waals surface area contributed by atoms with Crippen LogP contribution in [-0.4, -0.2) is 29.7 Å². The Morgan fingerprint density at radius 1 is 1.35 bits per heavy atom. The molecule has 17 heavy (non-hydrogen) atoms. The van der Waals surface area contributed by atoms with Gasteiger partial charge in [-0.25, -0.2) is 4.68 Å². The maximum absolute atomic E-state index is 10.4. The molecule has 8 heteroatoms. The number of nitrogens with zero attached hydrogens (tertiary/aromatic N) is 5. The fourth-order valence-corrected chi connectivity index (χ4v) is 2.89. The average molecular weight is 318 g/mol. The van der Waals surface area contributed by atoms with Crippen LogP contribution in [0.1, 0.15) is 42.1 Å². The molecule has 0 aromatic carbocycles. The van der Waals surface area contributed by atoms with E-state index < -0.39 is 6.10 Å². The van der Waals surface area contributed by atoms with Crippen LogP contribution in [0.5, 0.6) is 0 Å². The van der Waals surface area contributed by atoms with Gasteiger partial charge in [-0.3, -0.25) is 0 Å². The van der Waals surface area contributed by atoms with Crippen LogP contribution in [-0.2, 0) is 7.05 Å². The van der Waals surface area contributed by atoms with Gasteiger partial charge in [0.2, 0.25) is 0 Å². The standard InChI is InChI=1S/C9H12BrN5OS/c1-4(2)5-8(17-14-11-5)7(16)6-9(10)12-13-15(6)3/h4,7,16H,1-3H3. The quantitative estimate of drug-likeness (QED) is 0.931. The molecule has 0 aliphatic rings. The number of hydrogen-bond donors (Lipinski definition) is 1. The van der Waals surface area contributed by atoms with Gasteiger partial charge in [0.25, 0.3) is 0 Å². The highest BCUT2D eigenvalue weighted by atomic mass is 79.9. The second kappa shape index (κ2) is 4.79. The summed E-state index contributed by atoms with van der Waals surface area (Å²) in [5, 5.41) is 22.1. The van der Waals surface area contributed by atoms with E-state index in [1.807, 2.05) is 13.8 Å². The minimum atomic E-state index is -0.804. The Morgan fingerprint density at radius 2 is 2.06 bits per heavy atom. The Labute approximate surface area is 111 Å². The Morgan fingerprint density at radius 3 is 2.59 bits per heavy atom. The van der Waals surface area contributed by atoms with E-state index >= 15 is 0 Å². The lowest BCUT2D eigenvalue weighted by Gasteiger charge is -2.11. The number of aryl methyl sites for hydroxylation is 1. The predicted octanol–water partition coefficient (Wildman–Crippen LogP) is 1.63. The molecule has 6 nitrogen and oxygen atoms in total. The fourth-order valence-electron chi connectivity index (χ4n) is 1.55. The molecule has 0 saturated carbocycles. The highest BCUT2D eigenvalue weighted by Crippen LogP contribution is 2.32. The van der Waals surface area contributed by atoms with Crippen molar-refractivity contribution in [3.63, 3.8) is 0 Å². The molecule has 1 atom stereocenters. The van der Waals surface area contributed by atoms with E-state index in [9.17, 15) is 5.11 Å². The van der Waals surface area contributed by atoms with Gasteiger partial charge in [0, 0.05) is 7.05 Å². The van der Waals surface area contributed by atoms with E-state index in [1.54, 1.807) is 11.7 Å². The van der Waals surface area contributed by atoms with E-state index in [-0.39, 0.29) is 5.92 Å². The van der Waals surface area contributed by atoms with Gasteiger partial charge >= 0.3 is 0 Å². The zero-order valence-corrected chi connectivity index (χ0v) is 12.0. The van der Waals surface area contributed by atoms with Crippen molar-refractivity contribution >= 4 is 27.5 Å². The van der Waals surface area contributed by atoms with Crippen molar-refractivity contribution in [3.05, 3.63) is 20.9 Å². The first-order valence-electron chi connectivity index (χ1n) is 5.07. The van der Waals surface area contributed by atoms with Crippen molar-refractivity contribution in [1.29, 1.82) is 0 Å². The van der Waals surface area contributed by atoms with Crippen LogP contribution in [0.4, 0.5) is 0 Å². The minimum absolute atomic E-state index is 0.221. The van der Waals surface area contributed by atoms with Gasteiger partial charge in [0.1, 0.15) is 11.8 Å². The van der Waals surface area contributed by atoms with E-state index in [4.69, 9.17) is 0 Å². The normalized spacial score (nSPS) is 13.3. The summed E-state index contributed by atoms with van der Waals surface area (Å²) in [7, 11) is 1.74. The van der Waals surface area contributed by atoms with Gasteiger partial charge < -0.3 is 5.11 Å². The molecular formula is C9H12BrN5OS. The van der Waals surface area contributed by atoms with Gasteiger partial charge in [-0.05, 0) is 33.4 Å². The maximum atomic E-state index is 10.4. The van der Waals surface area contributed by atoms with Gasteiger partial charge in [0.05, 0.1) is 10.6 Å². The zero-order chi connectivity index (χ0) is 12.6. The summed E-state index contributed by atoms with van der Waals surface area (Å²) in [4.78, 5) is 0.742. The van der Waals surface area contributed by atoms with E-state index in [2.05, 4.69) is 35.8 Å². The van der Waals surface area contributed by atoms with Gasteiger partial charge in [-0.1, -0.05) is 23.5 Å². The summed E-state index contributed by atoms with van der Waals surface area (Å²) in [6.45, 7) is 4.03. The summed E-state index contributed by atoms with van der Waals surface area (Å²) in [5.74, 6) is 0.221. The van der Waals surface area contributed by atoms with Crippen LogP contribution in [0.3, 0.4) is 0 Å². The summed E-state index contributed by atoms with van der Waals surface area (Å²) >= 11 is 4.48. The monoisotopic (exact) mass is 317 g/mol. The third-order valence-corrected chi connectivity index (χ3v) is 3.78. The van der Waals surface area contributed by atoms with E-state index in [1.165, 1.54) is 11.5 Å². The second-order valence-electron chi connectivity index (χ2n) is 3.97. The van der Waals surface area contributed by atoms with Crippen LogP contribution in [0.25, 0.3) is 0 Å². The van der Waals surface area contributed by atoms with Crippen molar-refractivity contribution in [2.75, 3.05) is 0 Å². The lowest BCUT2D eigenvalue weighted by Crippen LogP contribution is -2.08. The molecule has 1 N–H and O–H groups in total. The molecule has 0 amide bonds. The number of aliphatic hydroxyl groups excluding tert-OH is 1.